The SMILES string of the molecule is COC(=O)c1cccc([C@@H]2C[C@@H](c3ccccc3)[C@@](F)(C(=O)Nc3ccccc3)C2)c1. The van der Waals surface area contributed by atoms with E-state index in [9.17, 15) is 9.59 Å². The first-order valence-electron chi connectivity index (χ1n) is 10.3. The van der Waals surface area contributed by atoms with Crippen LogP contribution in [0.1, 0.15) is 46.2 Å². The van der Waals surface area contributed by atoms with Crippen LogP contribution in [0.5, 0.6) is 0 Å². The van der Waals surface area contributed by atoms with Crippen molar-refractivity contribution in [3.8, 4) is 0 Å². The van der Waals surface area contributed by atoms with Gasteiger partial charge in [-0.2, -0.15) is 0 Å². The van der Waals surface area contributed by atoms with Crippen LogP contribution in [0.25, 0.3) is 0 Å². The van der Waals surface area contributed by atoms with Gasteiger partial charge in [0, 0.05) is 11.6 Å². The largest absolute Gasteiger partial charge is 0.465 e. The molecule has 3 aromatic carbocycles. The Bertz CT molecular complexity index is 1070. The molecule has 0 saturated heterocycles. The third-order valence-electron chi connectivity index (χ3n) is 6.01. The zero-order valence-electron chi connectivity index (χ0n) is 17.3. The molecule has 1 aliphatic rings. The molecule has 0 bridgehead atoms. The molecule has 0 aromatic heterocycles. The van der Waals surface area contributed by atoms with E-state index in [4.69, 9.17) is 4.74 Å². The van der Waals surface area contributed by atoms with Gasteiger partial charge in [-0.3, -0.25) is 4.79 Å². The fourth-order valence-corrected chi connectivity index (χ4v) is 4.44. The van der Waals surface area contributed by atoms with Crippen molar-refractivity contribution in [1.29, 1.82) is 0 Å². The summed E-state index contributed by atoms with van der Waals surface area (Å²) in [5, 5.41) is 2.75. The first kappa shape index (κ1) is 20.8. The number of halogens is 1. The van der Waals surface area contributed by atoms with Crippen molar-refractivity contribution in [2.75, 3.05) is 12.4 Å². The first-order chi connectivity index (χ1) is 15.0. The number of alkyl halides is 1. The highest BCUT2D eigenvalue weighted by Gasteiger charge is 2.54. The Kier molecular flexibility index (Phi) is 5.85. The molecule has 0 spiro atoms. The minimum Gasteiger partial charge on any atom is -0.465 e. The van der Waals surface area contributed by atoms with Crippen LogP contribution in [0.15, 0.2) is 84.9 Å². The zero-order valence-corrected chi connectivity index (χ0v) is 17.3. The second-order valence-electron chi connectivity index (χ2n) is 7.90. The van der Waals surface area contributed by atoms with Crippen LogP contribution in [0.4, 0.5) is 10.1 Å². The van der Waals surface area contributed by atoms with Crippen LogP contribution in [0, 0.1) is 0 Å². The monoisotopic (exact) mass is 417 g/mol. The summed E-state index contributed by atoms with van der Waals surface area (Å²) >= 11 is 0. The number of rotatable bonds is 5. The van der Waals surface area contributed by atoms with E-state index < -0.39 is 23.5 Å². The van der Waals surface area contributed by atoms with E-state index in [0.29, 0.717) is 17.7 Å². The lowest BCUT2D eigenvalue weighted by Gasteiger charge is -2.26. The third-order valence-corrected chi connectivity index (χ3v) is 6.01. The lowest BCUT2D eigenvalue weighted by atomic mass is 9.85. The summed E-state index contributed by atoms with van der Waals surface area (Å²) in [6.07, 6.45) is 0.503. The number of carbonyl (C=O) groups excluding carboxylic acids is 2. The van der Waals surface area contributed by atoms with Crippen molar-refractivity contribution in [3.05, 3.63) is 102 Å². The topological polar surface area (TPSA) is 55.4 Å². The van der Waals surface area contributed by atoms with E-state index in [0.717, 1.165) is 11.1 Å². The average molecular weight is 417 g/mol. The number of hydrogen-bond donors (Lipinski definition) is 1. The number of anilines is 1. The van der Waals surface area contributed by atoms with E-state index in [-0.39, 0.29) is 12.3 Å². The molecule has 1 saturated carbocycles. The number of amides is 1. The maximum atomic E-state index is 16.5. The second-order valence-corrected chi connectivity index (χ2v) is 7.90. The summed E-state index contributed by atoms with van der Waals surface area (Å²) in [7, 11) is 1.33. The van der Waals surface area contributed by atoms with E-state index >= 15 is 4.39 Å². The Labute approximate surface area is 181 Å². The molecule has 1 aliphatic carbocycles. The van der Waals surface area contributed by atoms with Crippen molar-refractivity contribution >= 4 is 17.6 Å². The average Bonchev–Trinajstić information content (AvgIpc) is 3.19. The van der Waals surface area contributed by atoms with E-state index in [2.05, 4.69) is 5.32 Å². The van der Waals surface area contributed by atoms with Gasteiger partial charge >= 0.3 is 5.97 Å². The van der Waals surface area contributed by atoms with Gasteiger partial charge in [0.05, 0.1) is 12.7 Å². The van der Waals surface area contributed by atoms with Gasteiger partial charge in [0.1, 0.15) is 0 Å². The minimum atomic E-state index is -2.08. The number of esters is 1. The fourth-order valence-electron chi connectivity index (χ4n) is 4.44. The van der Waals surface area contributed by atoms with Gasteiger partial charge in [-0.15, -0.1) is 0 Å². The fraction of sp³-hybridized carbons (Fsp3) is 0.231. The molecule has 0 radical (unpaired) electrons. The number of ether oxygens (including phenoxy) is 1. The van der Waals surface area contributed by atoms with E-state index in [1.165, 1.54) is 7.11 Å². The Morgan fingerprint density at radius 2 is 1.58 bits per heavy atom. The zero-order chi connectivity index (χ0) is 21.8. The molecule has 1 amide bonds. The quantitative estimate of drug-likeness (QED) is 0.559. The van der Waals surface area contributed by atoms with Crippen molar-refractivity contribution in [3.63, 3.8) is 0 Å². The van der Waals surface area contributed by atoms with Crippen LogP contribution in [0.2, 0.25) is 0 Å². The molecule has 31 heavy (non-hydrogen) atoms. The second kappa shape index (κ2) is 8.72. The highest BCUT2D eigenvalue weighted by Crippen LogP contribution is 2.52. The molecular formula is C26H24FNO3. The maximum absolute atomic E-state index is 16.5. The predicted molar refractivity (Wildman–Crippen MR) is 118 cm³/mol. The molecule has 5 heteroatoms. The third kappa shape index (κ3) is 4.22. The molecule has 158 valence electrons. The van der Waals surface area contributed by atoms with Gasteiger partial charge in [-0.05, 0) is 54.2 Å². The number of carbonyl (C=O) groups is 2. The molecule has 1 N–H and O–H groups in total. The number of nitrogens with one attached hydrogen (secondary N) is 1. The summed E-state index contributed by atoms with van der Waals surface area (Å²) in [4.78, 5) is 25.1. The summed E-state index contributed by atoms with van der Waals surface area (Å²) in [6.45, 7) is 0. The van der Waals surface area contributed by atoms with Crippen LogP contribution in [-0.2, 0) is 9.53 Å². The molecular weight excluding hydrogens is 393 g/mol. The Balaban J connectivity index is 1.67. The summed E-state index contributed by atoms with van der Waals surface area (Å²) in [5.74, 6) is -1.88. The van der Waals surface area contributed by atoms with Crippen molar-refractivity contribution < 1.29 is 18.7 Å². The lowest BCUT2D eigenvalue weighted by molar-refractivity contribution is -0.128. The number of methoxy groups -OCH3 is 1. The molecule has 0 heterocycles. The number of para-hydroxylation sites is 1. The van der Waals surface area contributed by atoms with Crippen LogP contribution >= 0.6 is 0 Å². The number of hydrogen-bond acceptors (Lipinski definition) is 3. The predicted octanol–water partition coefficient (Wildman–Crippen LogP) is 5.48. The van der Waals surface area contributed by atoms with E-state index in [1.54, 1.807) is 42.5 Å². The first-order valence-corrected chi connectivity index (χ1v) is 10.3. The Hall–Kier alpha value is -3.47. The van der Waals surface area contributed by atoms with Gasteiger partial charge in [0.2, 0.25) is 0 Å². The van der Waals surface area contributed by atoms with Crippen molar-refractivity contribution in [1.82, 2.24) is 0 Å². The van der Waals surface area contributed by atoms with Gasteiger partial charge < -0.3 is 10.1 Å². The molecule has 3 aromatic rings. The van der Waals surface area contributed by atoms with Gasteiger partial charge in [-0.25, -0.2) is 9.18 Å². The van der Waals surface area contributed by atoms with Crippen molar-refractivity contribution in [2.45, 2.75) is 30.3 Å². The normalized spacial score (nSPS) is 22.6. The van der Waals surface area contributed by atoms with Gasteiger partial charge in [-0.1, -0.05) is 60.7 Å². The molecule has 0 unspecified atom stereocenters. The molecule has 4 rings (SSSR count). The standard InChI is InChI=1S/C26H24FNO3/c1-31-24(29)20-12-8-11-19(15-20)21-16-23(18-9-4-2-5-10-18)26(27,17-21)25(30)28-22-13-6-3-7-14-22/h2-15,21,23H,16-17H2,1H3,(H,28,30)/t21-,23+,26-/m1/s1. The van der Waals surface area contributed by atoms with Crippen molar-refractivity contribution in [2.24, 2.45) is 0 Å². The highest BCUT2D eigenvalue weighted by molar-refractivity contribution is 5.98. The van der Waals surface area contributed by atoms with Crippen LogP contribution in [-0.4, -0.2) is 24.7 Å². The van der Waals surface area contributed by atoms with Gasteiger partial charge in [0.15, 0.2) is 5.67 Å². The molecule has 4 nitrogen and oxygen atoms in total. The van der Waals surface area contributed by atoms with E-state index in [1.807, 2.05) is 42.5 Å². The van der Waals surface area contributed by atoms with Crippen LogP contribution < -0.4 is 5.32 Å². The summed E-state index contributed by atoms with van der Waals surface area (Å²) in [6, 6.07) is 25.3. The smallest absolute Gasteiger partial charge is 0.337 e. The summed E-state index contributed by atoms with van der Waals surface area (Å²) in [5.41, 5.74) is 0.521. The Morgan fingerprint density at radius 1 is 0.935 bits per heavy atom. The van der Waals surface area contributed by atoms with Gasteiger partial charge in [0.25, 0.3) is 5.91 Å². The highest BCUT2D eigenvalue weighted by atomic mass is 19.1. The molecule has 1 fully saturated rings. The summed E-state index contributed by atoms with van der Waals surface area (Å²) < 4.78 is 21.3. The maximum Gasteiger partial charge on any atom is 0.337 e. The molecule has 0 aliphatic heterocycles. The molecule has 3 atom stereocenters. The lowest BCUT2D eigenvalue weighted by Crippen LogP contribution is -2.41. The minimum absolute atomic E-state index is 0.0376. The number of benzene rings is 3. The van der Waals surface area contributed by atoms with Crippen LogP contribution in [0.3, 0.4) is 0 Å². The Morgan fingerprint density at radius 3 is 2.26 bits per heavy atom.